The third kappa shape index (κ3) is 4.56. The summed E-state index contributed by atoms with van der Waals surface area (Å²) >= 11 is 0. The quantitative estimate of drug-likeness (QED) is 0.866. The van der Waals surface area contributed by atoms with E-state index in [1.807, 2.05) is 25.1 Å². The summed E-state index contributed by atoms with van der Waals surface area (Å²) in [5.74, 6) is -0.0773. The van der Waals surface area contributed by atoms with Crippen molar-refractivity contribution in [2.45, 2.75) is 13.0 Å². The highest BCUT2D eigenvalue weighted by atomic mass is 19.1. The molecule has 0 amide bonds. The second-order valence-corrected chi connectivity index (χ2v) is 5.51. The van der Waals surface area contributed by atoms with Gasteiger partial charge in [-0.3, -0.25) is 0 Å². The van der Waals surface area contributed by atoms with E-state index in [0.717, 1.165) is 50.3 Å². The van der Waals surface area contributed by atoms with Gasteiger partial charge < -0.3 is 15.1 Å². The fourth-order valence-electron chi connectivity index (χ4n) is 2.44. The molecular formula is C15H24FN3. The van der Waals surface area contributed by atoms with Crippen molar-refractivity contribution in [1.82, 2.24) is 15.1 Å². The van der Waals surface area contributed by atoms with Crippen molar-refractivity contribution < 1.29 is 4.39 Å². The number of piperazine rings is 1. The molecule has 19 heavy (non-hydrogen) atoms. The second kappa shape index (κ2) is 6.98. The Hall–Kier alpha value is -0.970. The molecular weight excluding hydrogens is 241 g/mol. The number of nitrogens with one attached hydrogen (secondary N) is 1. The monoisotopic (exact) mass is 265 g/mol. The predicted molar refractivity (Wildman–Crippen MR) is 76.8 cm³/mol. The number of nitrogens with zero attached hydrogens (tertiary/aromatic N) is 2. The molecule has 1 aliphatic heterocycles. The number of halogens is 1. The first-order valence-corrected chi connectivity index (χ1v) is 7.00. The highest BCUT2D eigenvalue weighted by Gasteiger charge is 2.10. The van der Waals surface area contributed by atoms with Gasteiger partial charge in [-0.25, -0.2) is 4.39 Å². The van der Waals surface area contributed by atoms with Crippen LogP contribution in [0.4, 0.5) is 4.39 Å². The molecule has 1 aromatic carbocycles. The van der Waals surface area contributed by atoms with Crippen LogP contribution in [0.25, 0.3) is 0 Å². The van der Waals surface area contributed by atoms with Crippen LogP contribution in [0.5, 0.6) is 0 Å². The largest absolute Gasteiger partial charge is 0.314 e. The zero-order chi connectivity index (χ0) is 13.7. The number of hydrogen-bond donors (Lipinski definition) is 1. The maximum atomic E-state index is 13.9. The molecule has 1 N–H and O–H groups in total. The van der Waals surface area contributed by atoms with Crippen molar-refractivity contribution in [3.8, 4) is 0 Å². The van der Waals surface area contributed by atoms with Crippen LogP contribution in [0.1, 0.15) is 11.1 Å². The molecule has 1 aromatic rings. The summed E-state index contributed by atoms with van der Waals surface area (Å²) < 4.78 is 13.9. The van der Waals surface area contributed by atoms with Gasteiger partial charge in [-0.05, 0) is 32.1 Å². The Morgan fingerprint density at radius 2 is 2.00 bits per heavy atom. The molecule has 0 atom stereocenters. The molecule has 0 unspecified atom stereocenters. The van der Waals surface area contributed by atoms with Gasteiger partial charge in [0.05, 0.1) is 0 Å². The molecule has 3 nitrogen and oxygen atoms in total. The second-order valence-electron chi connectivity index (χ2n) is 5.51. The lowest BCUT2D eigenvalue weighted by atomic mass is 10.1. The predicted octanol–water partition coefficient (Wildman–Crippen LogP) is 1.34. The summed E-state index contributed by atoms with van der Waals surface area (Å²) in [6.07, 6.45) is 0.930. The van der Waals surface area contributed by atoms with Crippen LogP contribution in [0.2, 0.25) is 0 Å². The van der Waals surface area contributed by atoms with Crippen molar-refractivity contribution in [3.63, 3.8) is 0 Å². The van der Waals surface area contributed by atoms with Gasteiger partial charge in [0.2, 0.25) is 0 Å². The van der Waals surface area contributed by atoms with Gasteiger partial charge in [-0.1, -0.05) is 12.1 Å². The van der Waals surface area contributed by atoms with Gasteiger partial charge in [0.25, 0.3) is 0 Å². The van der Waals surface area contributed by atoms with Crippen LogP contribution in [0.3, 0.4) is 0 Å². The molecule has 1 saturated heterocycles. The zero-order valence-electron chi connectivity index (χ0n) is 12.0. The van der Waals surface area contributed by atoms with Gasteiger partial charge in [-0.15, -0.1) is 0 Å². The van der Waals surface area contributed by atoms with Crippen molar-refractivity contribution in [3.05, 3.63) is 35.1 Å². The first-order chi connectivity index (χ1) is 9.15. The summed E-state index contributed by atoms with van der Waals surface area (Å²) in [6, 6.07) is 5.67. The molecule has 0 bridgehead atoms. The minimum absolute atomic E-state index is 0.0773. The molecule has 2 rings (SSSR count). The van der Waals surface area contributed by atoms with Gasteiger partial charge in [0.15, 0.2) is 0 Å². The molecule has 106 valence electrons. The van der Waals surface area contributed by atoms with Crippen LogP contribution in [0, 0.1) is 5.82 Å². The van der Waals surface area contributed by atoms with Crippen molar-refractivity contribution in [1.29, 1.82) is 0 Å². The SMILES string of the molecule is CN(C)Cc1ccc(CCN2CCNCC2)cc1F. The molecule has 1 aliphatic rings. The van der Waals surface area contributed by atoms with Crippen molar-refractivity contribution in [2.75, 3.05) is 46.8 Å². The summed E-state index contributed by atoms with van der Waals surface area (Å²) in [7, 11) is 3.91. The maximum Gasteiger partial charge on any atom is 0.127 e. The molecule has 4 heteroatoms. The topological polar surface area (TPSA) is 18.5 Å². The normalized spacial score (nSPS) is 17.1. The highest BCUT2D eigenvalue weighted by molar-refractivity contribution is 5.24. The van der Waals surface area contributed by atoms with E-state index < -0.39 is 0 Å². The van der Waals surface area contributed by atoms with Crippen molar-refractivity contribution >= 4 is 0 Å². The third-order valence-corrected chi connectivity index (χ3v) is 3.53. The van der Waals surface area contributed by atoms with E-state index in [9.17, 15) is 4.39 Å². The molecule has 1 fully saturated rings. The van der Waals surface area contributed by atoms with Crippen LogP contribution < -0.4 is 5.32 Å². The third-order valence-electron chi connectivity index (χ3n) is 3.53. The average Bonchev–Trinajstić information content (AvgIpc) is 2.40. The lowest BCUT2D eigenvalue weighted by molar-refractivity contribution is 0.244. The average molecular weight is 265 g/mol. The summed E-state index contributed by atoms with van der Waals surface area (Å²) in [5.41, 5.74) is 1.87. The first-order valence-electron chi connectivity index (χ1n) is 7.00. The minimum atomic E-state index is -0.0773. The summed E-state index contributed by atoms with van der Waals surface area (Å²) in [4.78, 5) is 4.42. The van der Waals surface area contributed by atoms with Gasteiger partial charge >= 0.3 is 0 Å². The Bertz CT molecular complexity index is 400. The van der Waals surface area contributed by atoms with Crippen molar-refractivity contribution in [2.24, 2.45) is 0 Å². The Morgan fingerprint density at radius 1 is 1.26 bits per heavy atom. The molecule has 0 aliphatic carbocycles. The first kappa shape index (κ1) is 14.4. The molecule has 0 aromatic heterocycles. The molecule has 0 spiro atoms. The van der Waals surface area contributed by atoms with Crippen LogP contribution >= 0.6 is 0 Å². The fourth-order valence-corrected chi connectivity index (χ4v) is 2.44. The Labute approximate surface area is 115 Å². The van der Waals surface area contributed by atoms with Crippen LogP contribution in [0.15, 0.2) is 18.2 Å². The Kier molecular flexibility index (Phi) is 5.31. The van der Waals surface area contributed by atoms with E-state index in [0.29, 0.717) is 6.54 Å². The van der Waals surface area contributed by atoms with E-state index in [4.69, 9.17) is 0 Å². The van der Waals surface area contributed by atoms with Crippen LogP contribution in [-0.4, -0.2) is 56.6 Å². The van der Waals surface area contributed by atoms with Crippen LogP contribution in [-0.2, 0) is 13.0 Å². The van der Waals surface area contributed by atoms with Gasteiger partial charge in [0, 0.05) is 44.8 Å². The van der Waals surface area contributed by atoms with E-state index in [2.05, 4.69) is 16.3 Å². The molecule has 0 saturated carbocycles. The minimum Gasteiger partial charge on any atom is -0.314 e. The number of benzene rings is 1. The molecule has 1 heterocycles. The fraction of sp³-hybridized carbons (Fsp3) is 0.600. The summed E-state index contributed by atoms with van der Waals surface area (Å²) in [5, 5.41) is 3.34. The van der Waals surface area contributed by atoms with Gasteiger partial charge in [-0.2, -0.15) is 0 Å². The van der Waals surface area contributed by atoms with Gasteiger partial charge in [0.1, 0.15) is 5.82 Å². The highest BCUT2D eigenvalue weighted by Crippen LogP contribution is 2.13. The number of hydrogen-bond acceptors (Lipinski definition) is 3. The lowest BCUT2D eigenvalue weighted by Gasteiger charge is -2.27. The lowest BCUT2D eigenvalue weighted by Crippen LogP contribution is -2.44. The molecule has 0 radical (unpaired) electrons. The zero-order valence-corrected chi connectivity index (χ0v) is 12.0. The van der Waals surface area contributed by atoms with E-state index >= 15 is 0 Å². The smallest absolute Gasteiger partial charge is 0.127 e. The van der Waals surface area contributed by atoms with E-state index in [1.54, 1.807) is 6.07 Å². The summed E-state index contributed by atoms with van der Waals surface area (Å²) in [6.45, 7) is 6.01. The van der Waals surface area contributed by atoms with E-state index in [1.165, 1.54) is 0 Å². The maximum absolute atomic E-state index is 13.9. The number of rotatable bonds is 5. The standard InChI is InChI=1S/C15H24FN3/c1-18(2)12-14-4-3-13(11-15(14)16)5-8-19-9-6-17-7-10-19/h3-4,11,17H,5-10,12H2,1-2H3. The van der Waals surface area contributed by atoms with E-state index in [-0.39, 0.29) is 5.82 Å². The Morgan fingerprint density at radius 3 is 2.63 bits per heavy atom. The Balaban J connectivity index is 1.88.